The highest BCUT2D eigenvalue weighted by molar-refractivity contribution is 5.25. The molecular weight excluding hydrogens is 158 g/mol. The number of rotatable bonds is 3. The summed E-state index contributed by atoms with van der Waals surface area (Å²) in [5.41, 5.74) is 5.51. The van der Waals surface area contributed by atoms with Gasteiger partial charge in [-0.1, -0.05) is 0 Å². The molecule has 0 saturated heterocycles. The molecule has 0 fully saturated rings. The summed E-state index contributed by atoms with van der Waals surface area (Å²) < 4.78 is 0. The van der Waals surface area contributed by atoms with Crippen molar-refractivity contribution < 1.29 is 5.11 Å². The molecule has 1 rings (SSSR count). The summed E-state index contributed by atoms with van der Waals surface area (Å²) in [5, 5.41) is 15.2. The largest absolute Gasteiger partial charge is 0.394 e. The number of aromatic amines is 1. The number of H-pyrrole nitrogens is 1. The summed E-state index contributed by atoms with van der Waals surface area (Å²) >= 11 is 0. The average Bonchev–Trinajstić information content (AvgIpc) is 2.51. The van der Waals surface area contributed by atoms with E-state index in [0.29, 0.717) is 11.8 Å². The van der Waals surface area contributed by atoms with Gasteiger partial charge in [0.1, 0.15) is 5.82 Å². The molecule has 0 aromatic carbocycles. The van der Waals surface area contributed by atoms with Crippen LogP contribution < -0.4 is 10.6 Å². The second-order valence-corrected chi connectivity index (χ2v) is 2.70. The van der Waals surface area contributed by atoms with Crippen LogP contribution in [0.5, 0.6) is 0 Å². The molecule has 0 unspecified atom stereocenters. The number of aliphatic hydroxyl groups excluding tert-OH is 1. The Hall–Kier alpha value is -1.14. The Balaban J connectivity index is 2.77. The van der Waals surface area contributed by atoms with Gasteiger partial charge in [0.25, 0.3) is 0 Å². The molecule has 0 spiro atoms. The van der Waals surface area contributed by atoms with Crippen molar-refractivity contribution in [1.29, 1.82) is 0 Å². The summed E-state index contributed by atoms with van der Waals surface area (Å²) in [6.45, 7) is -0.137. The highest BCUT2D eigenvalue weighted by atomic mass is 16.3. The van der Waals surface area contributed by atoms with Gasteiger partial charge < -0.3 is 15.7 Å². The van der Waals surface area contributed by atoms with E-state index in [1.807, 2.05) is 14.1 Å². The van der Waals surface area contributed by atoms with Gasteiger partial charge in [0.05, 0.1) is 12.6 Å². The fraction of sp³-hybridized carbons (Fsp3) is 0.667. The van der Waals surface area contributed by atoms with Crippen molar-refractivity contribution in [2.45, 2.75) is 6.04 Å². The zero-order valence-corrected chi connectivity index (χ0v) is 7.15. The molecular formula is C6H13N5O. The number of nitrogens with one attached hydrogen (secondary N) is 1. The number of hydrogen-bond acceptors (Lipinski definition) is 5. The fourth-order valence-corrected chi connectivity index (χ4v) is 0.717. The summed E-state index contributed by atoms with van der Waals surface area (Å²) in [4.78, 5) is 5.81. The maximum absolute atomic E-state index is 8.71. The Kier molecular flexibility index (Phi) is 2.61. The van der Waals surface area contributed by atoms with Gasteiger partial charge in [-0.05, 0) is 0 Å². The molecule has 68 valence electrons. The van der Waals surface area contributed by atoms with Gasteiger partial charge in [-0.25, -0.2) is 0 Å². The zero-order valence-electron chi connectivity index (χ0n) is 7.15. The maximum atomic E-state index is 8.71. The van der Waals surface area contributed by atoms with Crippen molar-refractivity contribution in [2.75, 3.05) is 25.6 Å². The van der Waals surface area contributed by atoms with E-state index < -0.39 is 6.04 Å². The topological polar surface area (TPSA) is 91.1 Å². The van der Waals surface area contributed by atoms with Gasteiger partial charge in [0.15, 0.2) is 0 Å². The lowest BCUT2D eigenvalue weighted by molar-refractivity contribution is 0.263. The van der Waals surface area contributed by atoms with Crippen LogP contribution in [0.25, 0.3) is 0 Å². The first-order valence-corrected chi connectivity index (χ1v) is 3.61. The Morgan fingerprint density at radius 1 is 1.67 bits per heavy atom. The second-order valence-electron chi connectivity index (χ2n) is 2.70. The predicted molar refractivity (Wildman–Crippen MR) is 44.7 cm³/mol. The maximum Gasteiger partial charge on any atom is 0.244 e. The number of nitrogens with zero attached hydrogens (tertiary/aromatic N) is 3. The van der Waals surface area contributed by atoms with Crippen LogP contribution in [0.2, 0.25) is 0 Å². The highest BCUT2D eigenvalue weighted by Gasteiger charge is 2.10. The quantitative estimate of drug-likeness (QED) is 0.535. The SMILES string of the molecule is CN(C)c1n[nH]c([C@H](N)CO)n1. The first kappa shape index (κ1) is 8.95. The molecule has 6 heteroatoms. The van der Waals surface area contributed by atoms with Crippen molar-refractivity contribution >= 4 is 5.95 Å². The fourth-order valence-electron chi connectivity index (χ4n) is 0.717. The van der Waals surface area contributed by atoms with Crippen molar-refractivity contribution in [3.8, 4) is 0 Å². The normalized spacial score (nSPS) is 13.0. The molecule has 0 aliphatic heterocycles. The van der Waals surface area contributed by atoms with E-state index in [0.717, 1.165) is 0 Å². The lowest BCUT2D eigenvalue weighted by Crippen LogP contribution is -2.16. The molecule has 0 aliphatic rings. The third-order valence-corrected chi connectivity index (χ3v) is 1.44. The van der Waals surface area contributed by atoms with E-state index in [4.69, 9.17) is 10.8 Å². The standard InChI is InChI=1S/C6H13N5O/c1-11(2)6-8-5(9-10-6)4(7)3-12/h4,12H,3,7H2,1-2H3,(H,8,9,10)/t4-/m1/s1. The summed E-state index contributed by atoms with van der Waals surface area (Å²) in [5.74, 6) is 1.06. The first-order valence-electron chi connectivity index (χ1n) is 3.61. The molecule has 1 aromatic heterocycles. The van der Waals surface area contributed by atoms with Crippen molar-refractivity contribution in [3.05, 3.63) is 5.82 Å². The van der Waals surface area contributed by atoms with Crippen LogP contribution in [0.1, 0.15) is 11.9 Å². The molecule has 0 amide bonds. The van der Waals surface area contributed by atoms with Crippen molar-refractivity contribution in [2.24, 2.45) is 5.73 Å². The van der Waals surface area contributed by atoms with E-state index in [1.165, 1.54) is 0 Å². The van der Waals surface area contributed by atoms with E-state index in [-0.39, 0.29) is 6.61 Å². The molecule has 12 heavy (non-hydrogen) atoms. The molecule has 0 aliphatic carbocycles. The third-order valence-electron chi connectivity index (χ3n) is 1.44. The minimum Gasteiger partial charge on any atom is -0.394 e. The van der Waals surface area contributed by atoms with Gasteiger partial charge in [0, 0.05) is 14.1 Å². The number of nitrogens with two attached hydrogens (primary N) is 1. The van der Waals surface area contributed by atoms with Crippen LogP contribution in [0.3, 0.4) is 0 Å². The van der Waals surface area contributed by atoms with Crippen LogP contribution in [-0.4, -0.2) is 41.0 Å². The molecule has 4 N–H and O–H groups in total. The first-order chi connectivity index (χ1) is 5.65. The van der Waals surface area contributed by atoms with Crippen LogP contribution in [0.15, 0.2) is 0 Å². The van der Waals surface area contributed by atoms with Gasteiger partial charge >= 0.3 is 0 Å². The number of hydrogen-bond donors (Lipinski definition) is 3. The van der Waals surface area contributed by atoms with E-state index >= 15 is 0 Å². The minimum absolute atomic E-state index is 0.137. The van der Waals surface area contributed by atoms with Crippen molar-refractivity contribution in [3.63, 3.8) is 0 Å². The number of aromatic nitrogens is 3. The molecule has 0 bridgehead atoms. The van der Waals surface area contributed by atoms with Gasteiger partial charge in [-0.15, -0.1) is 5.10 Å². The summed E-state index contributed by atoms with van der Waals surface area (Å²) in [7, 11) is 3.66. The number of anilines is 1. The van der Waals surface area contributed by atoms with Gasteiger partial charge in [-0.2, -0.15) is 4.98 Å². The Morgan fingerprint density at radius 3 is 2.75 bits per heavy atom. The summed E-state index contributed by atoms with van der Waals surface area (Å²) in [6, 6.07) is -0.480. The Morgan fingerprint density at radius 2 is 2.33 bits per heavy atom. The van der Waals surface area contributed by atoms with Gasteiger partial charge in [-0.3, -0.25) is 5.10 Å². The molecule has 0 radical (unpaired) electrons. The Bertz CT molecular complexity index is 246. The van der Waals surface area contributed by atoms with Crippen molar-refractivity contribution in [1.82, 2.24) is 15.2 Å². The Labute approximate surface area is 70.4 Å². The van der Waals surface area contributed by atoms with Crippen LogP contribution >= 0.6 is 0 Å². The molecule has 1 atom stereocenters. The molecule has 1 aromatic rings. The smallest absolute Gasteiger partial charge is 0.244 e. The van der Waals surface area contributed by atoms with Crippen LogP contribution in [0, 0.1) is 0 Å². The number of aliphatic hydroxyl groups is 1. The minimum atomic E-state index is -0.480. The lowest BCUT2D eigenvalue weighted by Gasteiger charge is -2.04. The van der Waals surface area contributed by atoms with Crippen LogP contribution in [0.4, 0.5) is 5.95 Å². The third kappa shape index (κ3) is 1.72. The van der Waals surface area contributed by atoms with E-state index in [2.05, 4.69) is 15.2 Å². The zero-order chi connectivity index (χ0) is 9.14. The molecule has 6 nitrogen and oxygen atoms in total. The predicted octanol–water partition coefficient (Wildman–Crippen LogP) is -1.14. The van der Waals surface area contributed by atoms with E-state index in [9.17, 15) is 0 Å². The monoisotopic (exact) mass is 171 g/mol. The van der Waals surface area contributed by atoms with Gasteiger partial charge in [0.2, 0.25) is 5.95 Å². The highest BCUT2D eigenvalue weighted by Crippen LogP contribution is 2.07. The summed E-state index contributed by atoms with van der Waals surface area (Å²) in [6.07, 6.45) is 0. The van der Waals surface area contributed by atoms with E-state index in [1.54, 1.807) is 4.90 Å². The average molecular weight is 171 g/mol. The molecule has 0 saturated carbocycles. The second kappa shape index (κ2) is 3.51. The lowest BCUT2D eigenvalue weighted by atomic mass is 10.3. The van der Waals surface area contributed by atoms with Crippen LogP contribution in [-0.2, 0) is 0 Å². The molecule has 1 heterocycles.